The molecule has 0 rings (SSSR count). The van der Waals surface area contributed by atoms with E-state index in [9.17, 15) is 0 Å². The van der Waals surface area contributed by atoms with Gasteiger partial charge in [0.25, 0.3) is 0 Å². The zero-order valence-corrected chi connectivity index (χ0v) is 13.7. The van der Waals surface area contributed by atoms with Crippen molar-refractivity contribution in [2.45, 2.75) is 91.0 Å². The number of rotatable bonds is 15. The Morgan fingerprint density at radius 1 is 0.737 bits per heavy atom. The molecule has 0 bridgehead atoms. The van der Waals surface area contributed by atoms with E-state index in [2.05, 4.69) is 26.1 Å². The summed E-state index contributed by atoms with van der Waals surface area (Å²) in [5.41, 5.74) is 0. The molecule has 0 aliphatic heterocycles. The van der Waals surface area contributed by atoms with Gasteiger partial charge in [0, 0.05) is 19.2 Å². The second-order valence-corrected chi connectivity index (χ2v) is 5.61. The fraction of sp³-hybridized carbons (Fsp3) is 1.00. The van der Waals surface area contributed by atoms with Gasteiger partial charge in [0.05, 0.1) is 6.61 Å². The van der Waals surface area contributed by atoms with Crippen LogP contribution in [0.4, 0.5) is 0 Å². The van der Waals surface area contributed by atoms with Crippen molar-refractivity contribution in [3.8, 4) is 0 Å². The molecule has 0 radical (unpaired) electrons. The van der Waals surface area contributed by atoms with Gasteiger partial charge >= 0.3 is 0 Å². The van der Waals surface area contributed by atoms with E-state index < -0.39 is 0 Å². The maximum Gasteiger partial charge on any atom is 0.0590 e. The lowest BCUT2D eigenvalue weighted by atomic mass is 10.0. The van der Waals surface area contributed by atoms with Crippen LogP contribution in [0, 0.1) is 0 Å². The molecular formula is C17H37NO. The topological polar surface area (TPSA) is 21.3 Å². The molecule has 116 valence electrons. The van der Waals surface area contributed by atoms with Crippen LogP contribution in [0.5, 0.6) is 0 Å². The van der Waals surface area contributed by atoms with Crippen molar-refractivity contribution in [3.63, 3.8) is 0 Å². The Bertz CT molecular complexity index is 151. The van der Waals surface area contributed by atoms with Crippen LogP contribution in [0.25, 0.3) is 0 Å². The summed E-state index contributed by atoms with van der Waals surface area (Å²) in [6.45, 7) is 9.58. The Morgan fingerprint density at radius 2 is 1.32 bits per heavy atom. The van der Waals surface area contributed by atoms with E-state index >= 15 is 0 Å². The molecule has 0 aromatic carbocycles. The maximum absolute atomic E-state index is 5.61. The zero-order chi connectivity index (χ0) is 14.2. The van der Waals surface area contributed by atoms with Crippen LogP contribution in [-0.2, 0) is 4.74 Å². The van der Waals surface area contributed by atoms with Crippen LogP contribution in [0.2, 0.25) is 0 Å². The molecule has 0 aliphatic carbocycles. The van der Waals surface area contributed by atoms with Crippen molar-refractivity contribution in [1.82, 2.24) is 5.32 Å². The number of hydrogen-bond donors (Lipinski definition) is 1. The highest BCUT2D eigenvalue weighted by Gasteiger charge is 2.07. The summed E-state index contributed by atoms with van der Waals surface area (Å²) in [5.74, 6) is 0. The highest BCUT2D eigenvalue weighted by molar-refractivity contribution is 4.67. The van der Waals surface area contributed by atoms with Gasteiger partial charge in [-0.25, -0.2) is 0 Å². The van der Waals surface area contributed by atoms with E-state index in [4.69, 9.17) is 4.74 Å². The summed E-state index contributed by atoms with van der Waals surface area (Å²) in [7, 11) is 0. The Balaban J connectivity index is 3.58. The lowest BCUT2D eigenvalue weighted by molar-refractivity contribution is 0.130. The molecule has 1 N–H and O–H groups in total. The van der Waals surface area contributed by atoms with Gasteiger partial charge in [-0.1, -0.05) is 65.7 Å². The molecule has 2 heteroatoms. The van der Waals surface area contributed by atoms with Gasteiger partial charge in [0.2, 0.25) is 0 Å². The predicted octanol–water partition coefficient (Wildman–Crippen LogP) is 4.92. The first-order valence-corrected chi connectivity index (χ1v) is 8.66. The minimum Gasteiger partial charge on any atom is -0.380 e. The summed E-state index contributed by atoms with van der Waals surface area (Å²) >= 11 is 0. The number of unbranched alkanes of at least 4 members (excludes halogenated alkanes) is 5. The SMILES string of the molecule is CCCCCC(CCCCC)NCCOCCCC. The molecule has 0 fully saturated rings. The van der Waals surface area contributed by atoms with Crippen molar-refractivity contribution < 1.29 is 4.74 Å². The molecule has 0 aromatic rings. The van der Waals surface area contributed by atoms with Crippen molar-refractivity contribution >= 4 is 0 Å². The lowest BCUT2D eigenvalue weighted by Gasteiger charge is -2.18. The van der Waals surface area contributed by atoms with E-state index in [0.29, 0.717) is 6.04 Å². The Labute approximate surface area is 121 Å². The molecule has 0 aromatic heterocycles. The van der Waals surface area contributed by atoms with Gasteiger partial charge in [-0.05, 0) is 19.3 Å². The first-order valence-electron chi connectivity index (χ1n) is 8.66. The molecule has 2 nitrogen and oxygen atoms in total. The predicted molar refractivity (Wildman–Crippen MR) is 85.8 cm³/mol. The maximum atomic E-state index is 5.61. The molecular weight excluding hydrogens is 234 g/mol. The molecule has 0 saturated carbocycles. The molecule has 0 spiro atoms. The molecule has 0 amide bonds. The Morgan fingerprint density at radius 3 is 1.84 bits per heavy atom. The Kier molecular flexibility index (Phi) is 15.9. The highest BCUT2D eigenvalue weighted by Crippen LogP contribution is 2.10. The summed E-state index contributed by atoms with van der Waals surface area (Å²) < 4.78 is 5.61. The fourth-order valence-electron chi connectivity index (χ4n) is 2.31. The van der Waals surface area contributed by atoms with Crippen molar-refractivity contribution in [3.05, 3.63) is 0 Å². The normalized spacial score (nSPS) is 11.4. The van der Waals surface area contributed by atoms with Crippen molar-refractivity contribution in [2.24, 2.45) is 0 Å². The van der Waals surface area contributed by atoms with Gasteiger partial charge in [0.1, 0.15) is 0 Å². The first-order chi connectivity index (χ1) is 9.35. The average Bonchev–Trinajstić information content (AvgIpc) is 2.42. The van der Waals surface area contributed by atoms with Gasteiger partial charge < -0.3 is 10.1 Å². The van der Waals surface area contributed by atoms with Crippen molar-refractivity contribution in [1.29, 1.82) is 0 Å². The fourth-order valence-corrected chi connectivity index (χ4v) is 2.31. The van der Waals surface area contributed by atoms with E-state index in [1.165, 1.54) is 64.2 Å². The first kappa shape index (κ1) is 18.9. The van der Waals surface area contributed by atoms with E-state index in [1.54, 1.807) is 0 Å². The summed E-state index contributed by atoms with van der Waals surface area (Å²) in [5, 5.41) is 3.69. The van der Waals surface area contributed by atoms with Gasteiger partial charge in [-0.2, -0.15) is 0 Å². The van der Waals surface area contributed by atoms with Crippen LogP contribution >= 0.6 is 0 Å². The summed E-state index contributed by atoms with van der Waals surface area (Å²) in [4.78, 5) is 0. The smallest absolute Gasteiger partial charge is 0.0590 e. The zero-order valence-electron chi connectivity index (χ0n) is 13.7. The monoisotopic (exact) mass is 271 g/mol. The van der Waals surface area contributed by atoms with Crippen LogP contribution < -0.4 is 5.32 Å². The number of hydrogen-bond acceptors (Lipinski definition) is 2. The molecule has 0 saturated heterocycles. The highest BCUT2D eigenvalue weighted by atomic mass is 16.5. The third-order valence-corrected chi connectivity index (χ3v) is 3.63. The lowest BCUT2D eigenvalue weighted by Crippen LogP contribution is -2.32. The number of ether oxygens (including phenoxy) is 1. The standard InChI is InChI=1S/C17H37NO/c1-4-7-10-12-17(13-11-8-5-2)18-14-16-19-15-9-6-3/h17-18H,4-16H2,1-3H3. The second-order valence-electron chi connectivity index (χ2n) is 5.61. The summed E-state index contributed by atoms with van der Waals surface area (Å²) in [6.07, 6.45) is 13.2. The van der Waals surface area contributed by atoms with Crippen LogP contribution in [0.15, 0.2) is 0 Å². The minimum atomic E-state index is 0.716. The minimum absolute atomic E-state index is 0.716. The van der Waals surface area contributed by atoms with Crippen LogP contribution in [0.1, 0.15) is 85.0 Å². The van der Waals surface area contributed by atoms with Crippen LogP contribution in [-0.4, -0.2) is 25.8 Å². The van der Waals surface area contributed by atoms with E-state index in [0.717, 1.165) is 19.8 Å². The van der Waals surface area contributed by atoms with Crippen molar-refractivity contribution in [2.75, 3.05) is 19.8 Å². The van der Waals surface area contributed by atoms with Gasteiger partial charge in [-0.15, -0.1) is 0 Å². The Hall–Kier alpha value is -0.0800. The second kappa shape index (κ2) is 16.0. The van der Waals surface area contributed by atoms with Gasteiger partial charge in [0.15, 0.2) is 0 Å². The van der Waals surface area contributed by atoms with Crippen LogP contribution in [0.3, 0.4) is 0 Å². The number of nitrogens with one attached hydrogen (secondary N) is 1. The average molecular weight is 271 g/mol. The molecule has 0 unspecified atom stereocenters. The third kappa shape index (κ3) is 14.1. The van der Waals surface area contributed by atoms with Gasteiger partial charge in [-0.3, -0.25) is 0 Å². The largest absolute Gasteiger partial charge is 0.380 e. The molecule has 0 heterocycles. The molecule has 0 atom stereocenters. The molecule has 0 aliphatic rings. The van der Waals surface area contributed by atoms with E-state index in [-0.39, 0.29) is 0 Å². The quantitative estimate of drug-likeness (QED) is 0.427. The summed E-state index contributed by atoms with van der Waals surface area (Å²) in [6, 6.07) is 0.716. The third-order valence-electron chi connectivity index (χ3n) is 3.63. The van der Waals surface area contributed by atoms with E-state index in [1.807, 2.05) is 0 Å². The molecule has 19 heavy (non-hydrogen) atoms.